The van der Waals surface area contributed by atoms with Gasteiger partial charge in [0.15, 0.2) is 0 Å². The van der Waals surface area contributed by atoms with Crippen LogP contribution in [0.1, 0.15) is 188 Å². The number of unbranched alkanes of at least 4 members (excludes halogenated alkanes) is 5. The summed E-state index contributed by atoms with van der Waals surface area (Å²) in [6.45, 7) is 29.7. The second-order valence-corrected chi connectivity index (χ2v) is 23.3. The predicted molar refractivity (Wildman–Crippen MR) is 271 cm³/mol. The number of aromatic hydroxyl groups is 2. The summed E-state index contributed by atoms with van der Waals surface area (Å²) in [7, 11) is -2.82. The Labute approximate surface area is 398 Å². The van der Waals surface area contributed by atoms with Gasteiger partial charge >= 0.3 is 20.8 Å². The Hall–Kier alpha value is -4.11. The van der Waals surface area contributed by atoms with E-state index in [2.05, 4.69) is 80.9 Å². The van der Waals surface area contributed by atoms with Crippen LogP contribution in [0, 0.1) is 0 Å². The van der Waals surface area contributed by atoms with Gasteiger partial charge in [-0.3, -0.25) is 9.98 Å². The van der Waals surface area contributed by atoms with Crippen molar-refractivity contribution in [2.45, 2.75) is 195 Å². The van der Waals surface area contributed by atoms with Gasteiger partial charge in [-0.2, -0.15) is 9.97 Å². The van der Waals surface area contributed by atoms with Gasteiger partial charge in [-0.1, -0.05) is 120 Å². The van der Waals surface area contributed by atoms with Crippen molar-refractivity contribution in [3.05, 3.63) is 52.1 Å². The quantitative estimate of drug-likeness (QED) is 0.0421. The number of benzene rings is 2. The van der Waals surface area contributed by atoms with Crippen LogP contribution < -0.4 is 14.8 Å². The van der Waals surface area contributed by atoms with Gasteiger partial charge in [0.1, 0.15) is 17.2 Å². The van der Waals surface area contributed by atoms with Crippen molar-refractivity contribution in [3.63, 3.8) is 0 Å². The molecule has 1 aliphatic rings. The molecule has 368 valence electrons. The van der Waals surface area contributed by atoms with Gasteiger partial charge in [0.05, 0.1) is 18.7 Å². The Morgan fingerprint density at radius 2 is 1.27 bits per heavy atom. The van der Waals surface area contributed by atoms with Crippen molar-refractivity contribution >= 4 is 27.2 Å². The summed E-state index contributed by atoms with van der Waals surface area (Å²) in [6, 6.07) is 8.55. The molecule has 1 saturated carbocycles. The summed E-state index contributed by atoms with van der Waals surface area (Å²) in [5.41, 5.74) is 3.13. The minimum absolute atomic E-state index is 0.0510. The number of hydrogen-bond acceptors (Lipinski definition) is 13. The van der Waals surface area contributed by atoms with E-state index < -0.39 is 14.2 Å². The van der Waals surface area contributed by atoms with Crippen LogP contribution >= 0.6 is 0 Å². The van der Waals surface area contributed by atoms with Crippen LogP contribution in [-0.2, 0) is 29.5 Å². The molecular weight excluding hydrogens is 849 g/mol. The fraction of sp³-hybridized carbons (Fsp3) is 0.673. The van der Waals surface area contributed by atoms with Crippen molar-refractivity contribution in [3.8, 4) is 29.3 Å². The molecule has 0 radical (unpaired) electrons. The van der Waals surface area contributed by atoms with Crippen LogP contribution in [0.2, 0.25) is 6.04 Å². The van der Waals surface area contributed by atoms with E-state index in [4.69, 9.17) is 32.7 Å². The Morgan fingerprint density at radius 3 is 1.85 bits per heavy atom. The van der Waals surface area contributed by atoms with E-state index in [1.54, 1.807) is 6.21 Å². The van der Waals surface area contributed by atoms with Crippen molar-refractivity contribution in [2.24, 2.45) is 9.98 Å². The van der Waals surface area contributed by atoms with E-state index in [0.29, 0.717) is 68.3 Å². The van der Waals surface area contributed by atoms with Gasteiger partial charge in [0.25, 0.3) is 0 Å². The van der Waals surface area contributed by atoms with E-state index in [-0.39, 0.29) is 46.4 Å². The molecule has 1 aliphatic carbocycles. The molecule has 14 heteroatoms. The lowest BCUT2D eigenvalue weighted by molar-refractivity contribution is 0.0710. The number of anilines is 1. The number of rotatable bonds is 25. The second kappa shape index (κ2) is 25.3. The highest BCUT2D eigenvalue weighted by Crippen LogP contribution is 2.42. The minimum atomic E-state index is -2.82. The fourth-order valence-electron chi connectivity index (χ4n) is 8.23. The van der Waals surface area contributed by atoms with E-state index in [1.165, 1.54) is 19.3 Å². The van der Waals surface area contributed by atoms with E-state index in [0.717, 1.165) is 61.6 Å². The first-order valence-corrected chi connectivity index (χ1v) is 26.7. The maximum absolute atomic E-state index is 12.0. The van der Waals surface area contributed by atoms with Gasteiger partial charge in [0.2, 0.25) is 5.95 Å². The molecule has 2 atom stereocenters. The maximum Gasteiger partial charge on any atom is 0.500 e. The zero-order valence-electron chi connectivity index (χ0n) is 42.8. The summed E-state index contributed by atoms with van der Waals surface area (Å²) in [4.78, 5) is 24.0. The molecule has 1 heterocycles. The number of ether oxygens (including phenoxy) is 2. The van der Waals surface area contributed by atoms with E-state index in [9.17, 15) is 10.2 Å². The minimum Gasteiger partial charge on any atom is -0.507 e. The number of nitrogens with zero attached hydrogens (tertiary/aromatic N) is 5. The molecule has 1 aromatic heterocycles. The van der Waals surface area contributed by atoms with Crippen molar-refractivity contribution in [1.29, 1.82) is 0 Å². The molecule has 0 bridgehead atoms. The van der Waals surface area contributed by atoms with Crippen LogP contribution in [0.3, 0.4) is 0 Å². The Balaban J connectivity index is 1.60. The molecule has 0 amide bonds. The number of nitrogens with one attached hydrogen (secondary N) is 1. The Kier molecular flexibility index (Phi) is 20.9. The smallest absolute Gasteiger partial charge is 0.500 e. The van der Waals surface area contributed by atoms with Gasteiger partial charge < -0.3 is 38.3 Å². The molecule has 13 nitrogen and oxygen atoms in total. The molecule has 1 fully saturated rings. The van der Waals surface area contributed by atoms with Crippen molar-refractivity contribution in [2.75, 3.05) is 38.3 Å². The fourth-order valence-corrected chi connectivity index (χ4v) is 10.8. The highest BCUT2D eigenvalue weighted by molar-refractivity contribution is 6.60. The van der Waals surface area contributed by atoms with Crippen LogP contribution in [-0.4, -0.2) is 91.5 Å². The molecule has 4 rings (SSSR count). The molecule has 0 spiro atoms. The zero-order chi connectivity index (χ0) is 48.5. The number of hydrogen-bond donors (Lipinski definition) is 3. The largest absolute Gasteiger partial charge is 0.507 e. The highest BCUT2D eigenvalue weighted by Gasteiger charge is 2.39. The normalized spacial score (nSPS) is 16.4. The van der Waals surface area contributed by atoms with Gasteiger partial charge in [-0.05, 0) is 86.5 Å². The number of phenols is 2. The first-order valence-electron chi connectivity index (χ1n) is 24.8. The van der Waals surface area contributed by atoms with Crippen LogP contribution in [0.5, 0.6) is 29.3 Å². The van der Waals surface area contributed by atoms with Gasteiger partial charge in [-0.25, -0.2) is 0 Å². The average molecular weight is 933 g/mol. The van der Waals surface area contributed by atoms with E-state index >= 15 is 0 Å². The predicted octanol–water partition coefficient (Wildman–Crippen LogP) is 12.4. The third-order valence-corrected chi connectivity index (χ3v) is 15.0. The molecule has 3 N–H and O–H groups in total. The standard InChI is InChI=1S/C52H84N6O7Si/c1-14-18-19-20-21-24-31-61-48-56-47(53-30-25-32-66(62-15-2,63-16-3)64-17-4)57-49(58-48)65-43-29-28-37(46(60)44(43)52(11,12)13)35-54-41-26-22-23-27-42(41)55-36-38-33-39(50(5,6)7)34-40(45(38)59)51(8,9)10/h28-29,33-36,41-42,59-60H,14-27,30-32H2,1-13H3,(H,53,56,57,58)/t41-,42-/m0/s1. The van der Waals surface area contributed by atoms with Gasteiger partial charge in [0, 0.05) is 67.1 Å². The third kappa shape index (κ3) is 16.3. The highest BCUT2D eigenvalue weighted by atomic mass is 28.4. The molecule has 66 heavy (non-hydrogen) atoms. The average Bonchev–Trinajstić information content (AvgIpc) is 3.23. The van der Waals surface area contributed by atoms with E-state index in [1.807, 2.05) is 59.9 Å². The zero-order valence-corrected chi connectivity index (χ0v) is 43.8. The first-order chi connectivity index (χ1) is 31.2. The summed E-state index contributed by atoms with van der Waals surface area (Å²) in [5, 5.41) is 26.7. The van der Waals surface area contributed by atoms with Crippen molar-refractivity contribution < 1.29 is 33.0 Å². The number of phenolic OH excluding ortho intramolecular Hbond substituents is 2. The maximum atomic E-state index is 12.0. The van der Waals surface area contributed by atoms with Gasteiger partial charge in [-0.15, -0.1) is 4.98 Å². The molecule has 0 saturated heterocycles. The first kappa shape index (κ1) is 54.5. The SMILES string of the molecule is CCCCCCCCOc1nc(NCCC[Si](OCC)(OCC)OCC)nc(Oc2ccc(C=N[C@H]3CCCC[C@@H]3N=Cc3cc(C(C)(C)C)cc(C(C)(C)C)c3O)c(O)c2C(C)(C)C)n1. The summed E-state index contributed by atoms with van der Waals surface area (Å²) in [5.74, 6) is 1.09. The number of aliphatic imine (C=N–C) groups is 2. The topological polar surface area (TPSA) is 162 Å². The second-order valence-electron chi connectivity index (χ2n) is 20.5. The third-order valence-electron chi connectivity index (χ3n) is 11.8. The Morgan fingerprint density at radius 1 is 0.682 bits per heavy atom. The van der Waals surface area contributed by atoms with Crippen LogP contribution in [0.15, 0.2) is 34.3 Å². The molecule has 0 unspecified atom stereocenters. The summed E-state index contributed by atoms with van der Waals surface area (Å²) >= 11 is 0. The summed E-state index contributed by atoms with van der Waals surface area (Å²) in [6.07, 6.45) is 15.0. The lowest BCUT2D eigenvalue weighted by Crippen LogP contribution is -2.46. The Bertz CT molecular complexity index is 2010. The lowest BCUT2D eigenvalue weighted by Gasteiger charge is -2.28. The molecule has 3 aromatic rings. The monoisotopic (exact) mass is 933 g/mol. The summed E-state index contributed by atoms with van der Waals surface area (Å²) < 4.78 is 30.7. The lowest BCUT2D eigenvalue weighted by atomic mass is 9.79. The molecule has 0 aliphatic heterocycles. The van der Waals surface area contributed by atoms with Crippen molar-refractivity contribution in [1.82, 2.24) is 15.0 Å². The molecule has 2 aromatic carbocycles. The van der Waals surface area contributed by atoms with Crippen LogP contribution in [0.25, 0.3) is 0 Å². The van der Waals surface area contributed by atoms with Crippen LogP contribution in [0.4, 0.5) is 5.95 Å². The number of aromatic nitrogens is 3. The molecular formula is C52H84N6O7Si.